The van der Waals surface area contributed by atoms with Crippen LogP contribution < -0.4 is 10.6 Å². The zero-order chi connectivity index (χ0) is 15.4. The summed E-state index contributed by atoms with van der Waals surface area (Å²) in [5.41, 5.74) is 6.75. The van der Waals surface area contributed by atoms with Gasteiger partial charge in [0.25, 0.3) is 0 Å². The summed E-state index contributed by atoms with van der Waals surface area (Å²) in [6, 6.07) is 8.62. The van der Waals surface area contributed by atoms with E-state index in [1.807, 2.05) is 37.3 Å². The van der Waals surface area contributed by atoms with Crippen LogP contribution in [0.3, 0.4) is 0 Å². The Labute approximate surface area is 137 Å². The van der Waals surface area contributed by atoms with E-state index in [-0.39, 0.29) is 24.2 Å². The van der Waals surface area contributed by atoms with Gasteiger partial charge in [-0.1, -0.05) is 31.5 Å². The average Bonchev–Trinajstić information content (AvgIpc) is 2.88. The highest BCUT2D eigenvalue weighted by Crippen LogP contribution is 2.24. The van der Waals surface area contributed by atoms with Gasteiger partial charge in [-0.05, 0) is 25.0 Å². The normalized spacial score (nSPS) is 18.8. The molecule has 1 fully saturated rings. The fourth-order valence-corrected chi connectivity index (χ4v) is 2.74. The van der Waals surface area contributed by atoms with Crippen LogP contribution in [0.1, 0.15) is 26.2 Å². The first kappa shape index (κ1) is 18.5. The number of nitrogens with two attached hydrogens (primary N) is 1. The van der Waals surface area contributed by atoms with E-state index in [1.165, 1.54) is 4.90 Å². The second kappa shape index (κ2) is 8.15. The Morgan fingerprint density at radius 2 is 2.05 bits per heavy atom. The zero-order valence-corrected chi connectivity index (χ0v) is 13.9. The van der Waals surface area contributed by atoms with Crippen molar-refractivity contribution in [3.8, 4) is 0 Å². The van der Waals surface area contributed by atoms with Gasteiger partial charge in [-0.2, -0.15) is 0 Å². The second-order valence-electron chi connectivity index (χ2n) is 5.47. The molecule has 1 saturated heterocycles. The predicted molar refractivity (Wildman–Crippen MR) is 90.1 cm³/mol. The fraction of sp³-hybridized carbons (Fsp3) is 0.500. The number of likely N-dealkylation sites (N-methyl/N-ethyl adjacent to an activating group) is 1. The summed E-state index contributed by atoms with van der Waals surface area (Å²) in [5.74, 6) is -0.175. The number of hydrogen-bond donors (Lipinski definition) is 1. The Kier molecular flexibility index (Phi) is 6.84. The van der Waals surface area contributed by atoms with Crippen LogP contribution in [0.5, 0.6) is 0 Å². The molecule has 1 aromatic carbocycles. The molecule has 0 radical (unpaired) electrons. The number of rotatable bonds is 5. The molecule has 2 atom stereocenters. The van der Waals surface area contributed by atoms with Crippen LogP contribution in [-0.2, 0) is 9.59 Å². The minimum atomic E-state index is -0.515. The monoisotopic (exact) mass is 325 g/mol. The van der Waals surface area contributed by atoms with Gasteiger partial charge in [0, 0.05) is 19.3 Å². The smallest absolute Gasteiger partial charge is 0.249 e. The molecule has 0 spiro atoms. The van der Waals surface area contributed by atoms with Crippen molar-refractivity contribution in [1.82, 2.24) is 4.90 Å². The quantitative estimate of drug-likeness (QED) is 0.897. The van der Waals surface area contributed by atoms with Crippen molar-refractivity contribution in [3.63, 3.8) is 0 Å². The summed E-state index contributed by atoms with van der Waals surface area (Å²) in [4.78, 5) is 28.0. The average molecular weight is 326 g/mol. The lowest BCUT2D eigenvalue weighted by molar-refractivity contribution is -0.137. The summed E-state index contributed by atoms with van der Waals surface area (Å²) >= 11 is 0. The molecule has 5 nitrogen and oxygen atoms in total. The molecule has 1 aliphatic heterocycles. The molecule has 2 N–H and O–H groups in total. The maximum atomic E-state index is 12.5. The third-order valence-electron chi connectivity index (χ3n) is 3.98. The molecule has 1 heterocycles. The van der Waals surface area contributed by atoms with Gasteiger partial charge >= 0.3 is 0 Å². The minimum Gasteiger partial charge on any atom is -0.332 e. The lowest BCUT2D eigenvalue weighted by atomic mass is 10.1. The molecule has 1 aromatic rings. The first-order valence-corrected chi connectivity index (χ1v) is 7.45. The van der Waals surface area contributed by atoms with Crippen molar-refractivity contribution in [1.29, 1.82) is 0 Å². The number of carbonyl (C=O) groups is 2. The summed E-state index contributed by atoms with van der Waals surface area (Å²) in [6.45, 7) is 2.62. The van der Waals surface area contributed by atoms with Crippen molar-refractivity contribution >= 4 is 29.9 Å². The highest BCUT2D eigenvalue weighted by molar-refractivity contribution is 6.01. The van der Waals surface area contributed by atoms with Crippen molar-refractivity contribution in [2.24, 2.45) is 5.73 Å². The van der Waals surface area contributed by atoms with Gasteiger partial charge in [0.05, 0.1) is 6.04 Å². The van der Waals surface area contributed by atoms with Crippen LogP contribution in [0, 0.1) is 0 Å². The lowest BCUT2D eigenvalue weighted by Crippen LogP contribution is -2.49. The molecule has 6 heteroatoms. The SMILES string of the molecule is CCCC(N)C(=O)N(C)C1CCN(c2ccccc2)C1=O.Cl. The van der Waals surface area contributed by atoms with E-state index < -0.39 is 12.1 Å². The molecule has 0 aliphatic carbocycles. The Balaban J connectivity index is 0.00000242. The van der Waals surface area contributed by atoms with Crippen LogP contribution in [0.2, 0.25) is 0 Å². The molecule has 2 amide bonds. The van der Waals surface area contributed by atoms with E-state index >= 15 is 0 Å². The molecule has 2 rings (SSSR count). The molecule has 1 aliphatic rings. The first-order valence-electron chi connectivity index (χ1n) is 7.45. The molecule has 0 saturated carbocycles. The van der Waals surface area contributed by atoms with Crippen molar-refractivity contribution in [2.75, 3.05) is 18.5 Å². The number of benzene rings is 1. The lowest BCUT2D eigenvalue weighted by Gasteiger charge is -2.26. The van der Waals surface area contributed by atoms with Crippen LogP contribution in [0.25, 0.3) is 0 Å². The van der Waals surface area contributed by atoms with Gasteiger partial charge in [-0.3, -0.25) is 9.59 Å². The third-order valence-corrected chi connectivity index (χ3v) is 3.98. The number of carbonyl (C=O) groups excluding carboxylic acids is 2. The Bertz CT molecular complexity index is 509. The van der Waals surface area contributed by atoms with E-state index in [1.54, 1.807) is 11.9 Å². The van der Waals surface area contributed by atoms with Gasteiger partial charge in [0.15, 0.2) is 0 Å². The zero-order valence-electron chi connectivity index (χ0n) is 13.1. The Hall–Kier alpha value is -1.59. The van der Waals surface area contributed by atoms with Gasteiger partial charge in [0.2, 0.25) is 11.8 Å². The first-order chi connectivity index (χ1) is 10.1. The predicted octanol–water partition coefficient (Wildman–Crippen LogP) is 1.80. The van der Waals surface area contributed by atoms with Crippen molar-refractivity contribution < 1.29 is 9.59 Å². The number of hydrogen-bond acceptors (Lipinski definition) is 3. The molecule has 2 unspecified atom stereocenters. The maximum absolute atomic E-state index is 12.5. The van der Waals surface area contributed by atoms with E-state index in [0.29, 0.717) is 19.4 Å². The fourth-order valence-electron chi connectivity index (χ4n) is 2.74. The minimum absolute atomic E-state index is 0. The van der Waals surface area contributed by atoms with Crippen LogP contribution in [-0.4, -0.2) is 42.4 Å². The van der Waals surface area contributed by atoms with Gasteiger partial charge in [-0.15, -0.1) is 12.4 Å². The van der Waals surface area contributed by atoms with E-state index in [9.17, 15) is 9.59 Å². The van der Waals surface area contributed by atoms with Crippen molar-refractivity contribution in [2.45, 2.75) is 38.3 Å². The van der Waals surface area contributed by atoms with E-state index in [4.69, 9.17) is 5.73 Å². The van der Waals surface area contributed by atoms with Crippen LogP contribution >= 0.6 is 12.4 Å². The topological polar surface area (TPSA) is 66.6 Å². The maximum Gasteiger partial charge on any atom is 0.249 e. The number of nitrogens with zero attached hydrogens (tertiary/aromatic N) is 2. The van der Waals surface area contributed by atoms with E-state index in [2.05, 4.69) is 0 Å². The number of anilines is 1. The van der Waals surface area contributed by atoms with Gasteiger partial charge in [-0.25, -0.2) is 0 Å². The van der Waals surface area contributed by atoms with Gasteiger partial charge in [0.1, 0.15) is 6.04 Å². The largest absolute Gasteiger partial charge is 0.332 e. The summed E-state index contributed by atoms with van der Waals surface area (Å²) in [7, 11) is 1.68. The molecule has 0 bridgehead atoms. The second-order valence-corrected chi connectivity index (χ2v) is 5.47. The summed E-state index contributed by atoms with van der Waals surface area (Å²) in [6.07, 6.45) is 2.15. The Morgan fingerprint density at radius 1 is 1.41 bits per heavy atom. The van der Waals surface area contributed by atoms with E-state index in [0.717, 1.165) is 12.1 Å². The molecular weight excluding hydrogens is 302 g/mol. The molecular formula is C16H24ClN3O2. The molecule has 122 valence electrons. The number of amides is 2. The summed E-state index contributed by atoms with van der Waals surface area (Å²) < 4.78 is 0. The van der Waals surface area contributed by atoms with Crippen molar-refractivity contribution in [3.05, 3.63) is 30.3 Å². The van der Waals surface area contributed by atoms with Gasteiger partial charge < -0.3 is 15.5 Å². The highest BCUT2D eigenvalue weighted by Gasteiger charge is 2.37. The highest BCUT2D eigenvalue weighted by atomic mass is 35.5. The van der Waals surface area contributed by atoms with Crippen LogP contribution in [0.4, 0.5) is 5.69 Å². The molecule has 0 aromatic heterocycles. The number of halogens is 1. The Morgan fingerprint density at radius 3 is 2.64 bits per heavy atom. The van der Waals surface area contributed by atoms with Crippen LogP contribution in [0.15, 0.2) is 30.3 Å². The standard InChI is InChI=1S/C16H23N3O2.ClH/c1-3-7-13(17)15(20)18(2)14-10-11-19(16(14)21)12-8-5-4-6-9-12;/h4-6,8-9,13-14H,3,7,10-11,17H2,1-2H3;1H. The third kappa shape index (κ3) is 3.78. The number of para-hydroxylation sites is 1. The molecule has 22 heavy (non-hydrogen) atoms. The summed E-state index contributed by atoms with van der Waals surface area (Å²) in [5, 5.41) is 0.